The Hall–Kier alpha value is -2.67. The number of methoxy groups -OCH3 is 1. The first-order valence-electron chi connectivity index (χ1n) is 6.26. The summed E-state index contributed by atoms with van der Waals surface area (Å²) in [5.41, 5.74) is 0.451. The van der Waals surface area contributed by atoms with E-state index in [9.17, 15) is 9.59 Å². The van der Waals surface area contributed by atoms with Crippen LogP contribution >= 0.6 is 0 Å². The molecule has 0 unspecified atom stereocenters. The first-order chi connectivity index (χ1) is 10.2. The molecule has 2 aromatic rings. The second-order valence-corrected chi connectivity index (χ2v) is 4.15. The summed E-state index contributed by atoms with van der Waals surface area (Å²) in [6.45, 7) is 0.128. The van der Waals surface area contributed by atoms with Gasteiger partial charge >= 0.3 is 11.8 Å². The van der Waals surface area contributed by atoms with Crippen molar-refractivity contribution in [2.45, 2.75) is 6.10 Å². The number of nitrogens with one attached hydrogen (secondary N) is 2. The highest BCUT2D eigenvalue weighted by Crippen LogP contribution is 2.15. The Morgan fingerprint density at radius 2 is 2.19 bits per heavy atom. The fourth-order valence-corrected chi connectivity index (χ4v) is 1.66. The van der Waals surface area contributed by atoms with Gasteiger partial charge in [0, 0.05) is 13.3 Å². The molecule has 2 rings (SSSR count). The molecule has 2 amide bonds. The Morgan fingerprint density at radius 1 is 1.33 bits per heavy atom. The van der Waals surface area contributed by atoms with Crippen molar-refractivity contribution in [3.8, 4) is 0 Å². The molecule has 0 aromatic carbocycles. The summed E-state index contributed by atoms with van der Waals surface area (Å²) in [5.74, 6) is -0.949. The van der Waals surface area contributed by atoms with E-state index in [4.69, 9.17) is 9.15 Å². The number of rotatable bonds is 5. The molecular weight excluding hydrogens is 274 g/mol. The van der Waals surface area contributed by atoms with Gasteiger partial charge in [-0.1, -0.05) is 0 Å². The Bertz CT molecular complexity index is 584. The van der Waals surface area contributed by atoms with E-state index in [0.29, 0.717) is 11.4 Å². The highest BCUT2D eigenvalue weighted by atomic mass is 16.5. The van der Waals surface area contributed by atoms with Crippen molar-refractivity contribution >= 4 is 17.5 Å². The van der Waals surface area contributed by atoms with Crippen molar-refractivity contribution in [3.63, 3.8) is 0 Å². The molecule has 0 aliphatic heterocycles. The van der Waals surface area contributed by atoms with E-state index in [2.05, 4.69) is 15.6 Å². The van der Waals surface area contributed by atoms with Gasteiger partial charge in [-0.05, 0) is 24.3 Å². The zero-order valence-electron chi connectivity index (χ0n) is 11.4. The maximum atomic E-state index is 11.7. The number of nitrogens with zero attached hydrogens (tertiary/aromatic N) is 1. The van der Waals surface area contributed by atoms with E-state index < -0.39 is 17.9 Å². The Kier molecular flexibility index (Phi) is 5.05. The summed E-state index contributed by atoms with van der Waals surface area (Å²) in [6, 6.07) is 6.75. The lowest BCUT2D eigenvalue weighted by Gasteiger charge is -2.13. The number of hydrogen-bond acceptors (Lipinski definition) is 5. The van der Waals surface area contributed by atoms with Gasteiger partial charge in [0.2, 0.25) is 0 Å². The van der Waals surface area contributed by atoms with Crippen LogP contribution in [0.25, 0.3) is 0 Å². The largest absolute Gasteiger partial charge is 0.467 e. The predicted octanol–water partition coefficient (Wildman–Crippen LogP) is 1.12. The minimum atomic E-state index is -0.766. The van der Waals surface area contributed by atoms with Gasteiger partial charge in [0.1, 0.15) is 11.9 Å². The predicted molar refractivity (Wildman–Crippen MR) is 74.3 cm³/mol. The molecule has 2 aromatic heterocycles. The minimum Gasteiger partial charge on any atom is -0.467 e. The highest BCUT2D eigenvalue weighted by molar-refractivity contribution is 6.39. The van der Waals surface area contributed by atoms with Gasteiger partial charge in [-0.2, -0.15) is 0 Å². The van der Waals surface area contributed by atoms with Crippen LogP contribution in [0, 0.1) is 0 Å². The van der Waals surface area contributed by atoms with Crippen LogP contribution in [-0.2, 0) is 14.3 Å². The topological polar surface area (TPSA) is 93.5 Å². The molecule has 0 saturated carbocycles. The molecule has 2 N–H and O–H groups in total. The molecule has 0 saturated heterocycles. The summed E-state index contributed by atoms with van der Waals surface area (Å²) in [4.78, 5) is 27.2. The molecule has 0 bridgehead atoms. The van der Waals surface area contributed by atoms with Gasteiger partial charge in [-0.3, -0.25) is 14.6 Å². The standard InChI is InChI=1S/C14H15N3O4/c1-20-12(11-5-3-7-21-11)9-16-13(18)14(19)17-10-4-2-6-15-8-10/h2-8,12H,9H2,1H3,(H,16,18)(H,17,19)/t12-/m0/s1. The van der Waals surface area contributed by atoms with E-state index in [1.807, 2.05) is 0 Å². The van der Waals surface area contributed by atoms with Crippen molar-refractivity contribution < 1.29 is 18.7 Å². The van der Waals surface area contributed by atoms with E-state index >= 15 is 0 Å². The van der Waals surface area contributed by atoms with E-state index in [-0.39, 0.29) is 6.54 Å². The molecule has 0 spiro atoms. The lowest BCUT2D eigenvalue weighted by molar-refractivity contribution is -0.136. The summed E-state index contributed by atoms with van der Waals surface area (Å²) >= 11 is 0. The molecule has 1 atom stereocenters. The molecule has 7 nitrogen and oxygen atoms in total. The van der Waals surface area contributed by atoms with Gasteiger partial charge in [0.25, 0.3) is 0 Å². The van der Waals surface area contributed by atoms with Crippen LogP contribution in [0.15, 0.2) is 47.3 Å². The van der Waals surface area contributed by atoms with Gasteiger partial charge in [0.05, 0.1) is 24.7 Å². The van der Waals surface area contributed by atoms with Crippen molar-refractivity contribution in [1.29, 1.82) is 0 Å². The third kappa shape index (κ3) is 4.15. The molecule has 2 heterocycles. The lowest BCUT2D eigenvalue weighted by Crippen LogP contribution is -2.37. The number of pyridine rings is 1. The number of hydrogen-bond donors (Lipinski definition) is 2. The number of anilines is 1. The molecule has 110 valence electrons. The van der Waals surface area contributed by atoms with Gasteiger partial charge in [0.15, 0.2) is 0 Å². The Morgan fingerprint density at radius 3 is 2.81 bits per heavy atom. The fraction of sp³-hybridized carbons (Fsp3) is 0.214. The summed E-state index contributed by atoms with van der Waals surface area (Å²) in [6.07, 6.45) is 4.09. The molecule has 0 aliphatic carbocycles. The van der Waals surface area contributed by atoms with Crippen LogP contribution in [0.2, 0.25) is 0 Å². The zero-order valence-corrected chi connectivity index (χ0v) is 11.4. The second kappa shape index (κ2) is 7.20. The number of ether oxygens (including phenoxy) is 1. The van der Waals surface area contributed by atoms with Gasteiger partial charge in [-0.25, -0.2) is 0 Å². The SMILES string of the molecule is CO[C@@H](CNC(=O)C(=O)Nc1cccnc1)c1ccco1. The van der Waals surface area contributed by atoms with Crippen LogP contribution in [0.3, 0.4) is 0 Å². The molecule has 0 aliphatic rings. The summed E-state index contributed by atoms with van der Waals surface area (Å²) in [5, 5.41) is 4.93. The second-order valence-electron chi connectivity index (χ2n) is 4.15. The van der Waals surface area contributed by atoms with Crippen molar-refractivity contribution in [2.24, 2.45) is 0 Å². The van der Waals surface area contributed by atoms with Crippen LogP contribution in [0.1, 0.15) is 11.9 Å². The fourth-order valence-electron chi connectivity index (χ4n) is 1.66. The molecule has 21 heavy (non-hydrogen) atoms. The van der Waals surface area contributed by atoms with Crippen LogP contribution < -0.4 is 10.6 Å². The monoisotopic (exact) mass is 289 g/mol. The quantitative estimate of drug-likeness (QED) is 0.804. The van der Waals surface area contributed by atoms with Crippen molar-refractivity contribution in [1.82, 2.24) is 10.3 Å². The van der Waals surface area contributed by atoms with Gasteiger partial charge < -0.3 is 19.8 Å². The third-order valence-corrected chi connectivity index (χ3v) is 2.72. The molecule has 0 radical (unpaired) electrons. The van der Waals surface area contributed by atoms with Crippen LogP contribution in [0.4, 0.5) is 5.69 Å². The average Bonchev–Trinajstić information content (AvgIpc) is 3.03. The van der Waals surface area contributed by atoms with E-state index in [0.717, 1.165) is 0 Å². The smallest absolute Gasteiger partial charge is 0.313 e. The first-order valence-corrected chi connectivity index (χ1v) is 6.26. The van der Waals surface area contributed by atoms with E-state index in [1.165, 1.54) is 19.6 Å². The highest BCUT2D eigenvalue weighted by Gasteiger charge is 2.18. The maximum absolute atomic E-state index is 11.7. The van der Waals surface area contributed by atoms with Crippen LogP contribution in [0.5, 0.6) is 0 Å². The maximum Gasteiger partial charge on any atom is 0.313 e. The first kappa shape index (κ1) is 14.7. The molecule has 0 fully saturated rings. The average molecular weight is 289 g/mol. The minimum absolute atomic E-state index is 0.128. The Balaban J connectivity index is 1.85. The van der Waals surface area contributed by atoms with Gasteiger partial charge in [-0.15, -0.1) is 0 Å². The lowest BCUT2D eigenvalue weighted by atomic mass is 10.2. The normalized spacial score (nSPS) is 11.7. The van der Waals surface area contributed by atoms with Crippen LogP contribution in [-0.4, -0.2) is 30.5 Å². The third-order valence-electron chi connectivity index (χ3n) is 2.72. The number of furan rings is 1. The molecule has 7 heteroatoms. The Labute approximate surface area is 121 Å². The summed E-state index contributed by atoms with van der Waals surface area (Å²) in [7, 11) is 1.50. The molecular formula is C14H15N3O4. The number of aromatic nitrogens is 1. The number of carbonyl (C=O) groups is 2. The number of carbonyl (C=O) groups excluding carboxylic acids is 2. The summed E-state index contributed by atoms with van der Waals surface area (Å²) < 4.78 is 10.4. The zero-order chi connectivity index (χ0) is 15.1. The van der Waals surface area contributed by atoms with Crippen molar-refractivity contribution in [2.75, 3.05) is 19.0 Å². The number of amides is 2. The van der Waals surface area contributed by atoms with Crippen molar-refractivity contribution in [3.05, 3.63) is 48.7 Å². The van der Waals surface area contributed by atoms with E-state index in [1.54, 1.807) is 30.5 Å².